The maximum Gasteiger partial charge on any atom is 0.227 e. The third-order valence-electron chi connectivity index (χ3n) is 5.05. The van der Waals surface area contributed by atoms with Crippen LogP contribution in [-0.2, 0) is 4.79 Å². The van der Waals surface area contributed by atoms with Crippen LogP contribution in [-0.4, -0.2) is 47.5 Å². The lowest BCUT2D eigenvalue weighted by Gasteiger charge is -2.39. The number of thiazole rings is 1. The molecule has 1 amide bonds. The van der Waals surface area contributed by atoms with Crippen LogP contribution in [0.4, 0.5) is 5.13 Å². The van der Waals surface area contributed by atoms with E-state index in [-0.39, 0.29) is 42.2 Å². The van der Waals surface area contributed by atoms with Crippen molar-refractivity contribution < 1.29 is 4.79 Å². The highest BCUT2D eigenvalue weighted by Gasteiger charge is 2.40. The molecule has 2 aliphatic rings. The number of carbonyl (C=O) groups excluding carboxylic acids is 1. The van der Waals surface area contributed by atoms with Gasteiger partial charge in [-0.3, -0.25) is 4.79 Å². The molecule has 5 nitrogen and oxygen atoms in total. The van der Waals surface area contributed by atoms with Gasteiger partial charge in [0.05, 0.1) is 5.92 Å². The zero-order chi connectivity index (χ0) is 15.6. The van der Waals surface area contributed by atoms with E-state index in [1.54, 1.807) is 11.3 Å². The molecule has 24 heavy (non-hydrogen) atoms. The fraction of sp³-hybridized carbons (Fsp3) is 0.750. The number of carbonyl (C=O) groups is 1. The van der Waals surface area contributed by atoms with Gasteiger partial charge >= 0.3 is 0 Å². The normalized spacial score (nSPS) is 27.7. The summed E-state index contributed by atoms with van der Waals surface area (Å²) in [7, 11) is 0. The average molecular weight is 395 g/mol. The maximum atomic E-state index is 12.9. The minimum absolute atomic E-state index is 0. The molecule has 2 atom stereocenters. The molecule has 2 N–H and O–H groups in total. The topological polar surface area (TPSA) is 62.5 Å². The van der Waals surface area contributed by atoms with Crippen molar-refractivity contribution in [3.05, 3.63) is 11.6 Å². The van der Waals surface area contributed by atoms with E-state index in [0.717, 1.165) is 63.4 Å². The highest BCUT2D eigenvalue weighted by atomic mass is 35.5. The Hall–Kier alpha value is -0.560. The van der Waals surface area contributed by atoms with Gasteiger partial charge in [-0.25, -0.2) is 4.98 Å². The van der Waals surface area contributed by atoms with Gasteiger partial charge in [0.1, 0.15) is 0 Å². The molecule has 1 aromatic rings. The van der Waals surface area contributed by atoms with Gasteiger partial charge in [-0.1, -0.05) is 12.8 Å². The summed E-state index contributed by atoms with van der Waals surface area (Å²) in [4.78, 5) is 21.6. The van der Waals surface area contributed by atoms with Gasteiger partial charge in [0.15, 0.2) is 5.13 Å². The van der Waals surface area contributed by atoms with E-state index in [1.165, 1.54) is 0 Å². The van der Waals surface area contributed by atoms with Crippen LogP contribution >= 0.6 is 36.2 Å². The monoisotopic (exact) mass is 394 g/mol. The van der Waals surface area contributed by atoms with Crippen LogP contribution in [0.15, 0.2) is 11.6 Å². The molecule has 2 fully saturated rings. The Morgan fingerprint density at radius 2 is 2.04 bits per heavy atom. The second-order valence-electron chi connectivity index (χ2n) is 6.78. The van der Waals surface area contributed by atoms with Gasteiger partial charge in [-0.2, -0.15) is 0 Å². The molecular formula is C16H28Cl2N4OS. The van der Waals surface area contributed by atoms with E-state index < -0.39 is 0 Å². The van der Waals surface area contributed by atoms with Crippen LogP contribution in [0, 0.1) is 5.92 Å². The second kappa shape index (κ2) is 9.22. The first-order chi connectivity index (χ1) is 10.6. The number of nitrogens with two attached hydrogens (primary N) is 1. The molecule has 0 spiro atoms. The fourth-order valence-corrected chi connectivity index (χ4v) is 4.38. The molecule has 1 aliphatic carbocycles. The van der Waals surface area contributed by atoms with Crippen molar-refractivity contribution in [2.45, 2.75) is 44.6 Å². The molecule has 1 saturated heterocycles. The van der Waals surface area contributed by atoms with E-state index in [1.807, 2.05) is 16.5 Å². The van der Waals surface area contributed by atoms with Crippen LogP contribution in [0.5, 0.6) is 0 Å². The summed E-state index contributed by atoms with van der Waals surface area (Å²) in [5, 5.41) is 3.07. The number of aromatic nitrogens is 1. The first-order valence-corrected chi connectivity index (χ1v) is 9.18. The van der Waals surface area contributed by atoms with Gasteiger partial charge in [-0.05, 0) is 26.2 Å². The molecule has 3 rings (SSSR count). The lowest BCUT2D eigenvalue weighted by Crippen LogP contribution is -2.54. The highest BCUT2D eigenvalue weighted by Crippen LogP contribution is 2.33. The summed E-state index contributed by atoms with van der Waals surface area (Å²) in [5.74, 6) is 0.262. The molecule has 1 saturated carbocycles. The van der Waals surface area contributed by atoms with E-state index in [2.05, 4.69) is 16.8 Å². The summed E-state index contributed by atoms with van der Waals surface area (Å²) >= 11 is 1.67. The van der Waals surface area contributed by atoms with Gasteiger partial charge in [-0.15, -0.1) is 36.2 Å². The Morgan fingerprint density at radius 1 is 1.25 bits per heavy atom. The minimum atomic E-state index is -0.337. The highest BCUT2D eigenvalue weighted by molar-refractivity contribution is 7.13. The number of hydrogen-bond acceptors (Lipinski definition) is 5. The molecule has 1 aliphatic heterocycles. The van der Waals surface area contributed by atoms with Crippen LogP contribution < -0.4 is 10.6 Å². The molecule has 2 unspecified atom stereocenters. The summed E-state index contributed by atoms with van der Waals surface area (Å²) in [6.07, 6.45) is 7.02. The van der Waals surface area contributed by atoms with Crippen LogP contribution in [0.1, 0.15) is 39.0 Å². The largest absolute Gasteiger partial charge is 0.346 e. The Balaban J connectivity index is 0.00000144. The van der Waals surface area contributed by atoms with Gasteiger partial charge in [0, 0.05) is 43.3 Å². The number of halogens is 2. The van der Waals surface area contributed by atoms with E-state index >= 15 is 0 Å². The molecule has 0 bridgehead atoms. The lowest BCUT2D eigenvalue weighted by atomic mass is 9.74. The summed E-state index contributed by atoms with van der Waals surface area (Å²) in [6.45, 7) is 5.52. The predicted octanol–water partition coefficient (Wildman–Crippen LogP) is 2.93. The van der Waals surface area contributed by atoms with Crippen molar-refractivity contribution >= 4 is 47.2 Å². The Kier molecular flexibility index (Phi) is 8.26. The SMILES string of the molecule is CC1(N)CCCCC1C(=O)N1CCCN(c2nccs2)CC1.Cl.Cl. The number of hydrogen-bond donors (Lipinski definition) is 1. The summed E-state index contributed by atoms with van der Waals surface area (Å²) < 4.78 is 0. The quantitative estimate of drug-likeness (QED) is 0.837. The summed E-state index contributed by atoms with van der Waals surface area (Å²) in [5.41, 5.74) is 6.07. The molecular weight excluding hydrogens is 367 g/mol. The van der Waals surface area contributed by atoms with Gasteiger partial charge in [0.25, 0.3) is 0 Å². The third kappa shape index (κ3) is 4.75. The van der Waals surface area contributed by atoms with E-state index in [9.17, 15) is 4.79 Å². The van der Waals surface area contributed by atoms with Gasteiger partial charge < -0.3 is 15.5 Å². The Morgan fingerprint density at radius 3 is 2.71 bits per heavy atom. The number of rotatable bonds is 2. The van der Waals surface area contributed by atoms with E-state index in [4.69, 9.17) is 5.73 Å². The van der Waals surface area contributed by atoms with Crippen molar-refractivity contribution in [2.75, 3.05) is 31.1 Å². The van der Waals surface area contributed by atoms with Crippen LogP contribution in [0.25, 0.3) is 0 Å². The first kappa shape index (κ1) is 21.5. The third-order valence-corrected chi connectivity index (χ3v) is 5.88. The second-order valence-corrected chi connectivity index (χ2v) is 7.66. The lowest BCUT2D eigenvalue weighted by molar-refractivity contribution is -0.138. The molecule has 8 heteroatoms. The minimum Gasteiger partial charge on any atom is -0.346 e. The summed E-state index contributed by atoms with van der Waals surface area (Å²) in [6, 6.07) is 0. The number of amides is 1. The van der Waals surface area contributed by atoms with Crippen molar-refractivity contribution in [3.63, 3.8) is 0 Å². The first-order valence-electron chi connectivity index (χ1n) is 8.30. The van der Waals surface area contributed by atoms with Crippen LogP contribution in [0.2, 0.25) is 0 Å². The maximum absolute atomic E-state index is 12.9. The van der Waals surface area contributed by atoms with Crippen molar-refractivity contribution in [3.8, 4) is 0 Å². The average Bonchev–Trinajstić information content (AvgIpc) is 2.91. The Bertz CT molecular complexity index is 512. The molecule has 138 valence electrons. The Labute approximate surface area is 160 Å². The standard InChI is InChI=1S/C16H26N4OS.2ClH/c1-16(17)6-3-2-5-13(16)14(21)19-8-4-9-20(11-10-19)15-18-7-12-22-15;;/h7,12-13H,2-6,8-11,17H2,1H3;2*1H. The van der Waals surface area contributed by atoms with Gasteiger partial charge in [0.2, 0.25) is 5.91 Å². The van der Waals surface area contributed by atoms with E-state index in [0.29, 0.717) is 0 Å². The number of nitrogens with zero attached hydrogens (tertiary/aromatic N) is 3. The number of anilines is 1. The molecule has 0 radical (unpaired) electrons. The molecule has 0 aromatic carbocycles. The van der Waals surface area contributed by atoms with Crippen LogP contribution in [0.3, 0.4) is 0 Å². The van der Waals surface area contributed by atoms with Crippen molar-refractivity contribution in [1.82, 2.24) is 9.88 Å². The van der Waals surface area contributed by atoms with Crippen molar-refractivity contribution in [2.24, 2.45) is 11.7 Å². The smallest absolute Gasteiger partial charge is 0.227 e. The zero-order valence-corrected chi connectivity index (χ0v) is 16.6. The fourth-order valence-electron chi connectivity index (χ4n) is 3.69. The predicted molar refractivity (Wildman–Crippen MR) is 105 cm³/mol. The van der Waals surface area contributed by atoms with Crippen molar-refractivity contribution in [1.29, 1.82) is 0 Å². The molecule has 1 aromatic heterocycles. The zero-order valence-electron chi connectivity index (χ0n) is 14.1. The molecule has 2 heterocycles.